The van der Waals surface area contributed by atoms with Gasteiger partial charge in [0.1, 0.15) is 10.8 Å². The maximum Gasteiger partial charge on any atom is 0.251 e. The number of carbonyl (C=O) groups excluding carboxylic acids is 2. The zero-order chi connectivity index (χ0) is 20.3. The van der Waals surface area contributed by atoms with Crippen molar-refractivity contribution in [2.45, 2.75) is 51.9 Å². The molecule has 0 saturated carbocycles. The van der Waals surface area contributed by atoms with Gasteiger partial charge in [0.15, 0.2) is 0 Å². The molecule has 0 atom stereocenters. The number of thiophene rings is 1. The van der Waals surface area contributed by atoms with Crippen molar-refractivity contribution in [2.75, 3.05) is 11.9 Å². The number of carbonyl (C=O) groups is 2. The van der Waals surface area contributed by atoms with Crippen LogP contribution in [0.5, 0.6) is 5.75 Å². The standard InChI is InChI=1S/C21H25BrN2O3S/c1-12(2)13-8-9-16(15(22)11-13)27-10-4-7-18(25)24-21-19(20(23)26)14-5-3-6-17(14)28-21/h8-9,11-12H,3-7,10H2,1-2H3,(H2,23,26)(H,24,25). The molecule has 150 valence electrons. The molecule has 0 bridgehead atoms. The maximum atomic E-state index is 12.3. The van der Waals surface area contributed by atoms with Crippen molar-refractivity contribution in [1.82, 2.24) is 0 Å². The highest BCUT2D eigenvalue weighted by molar-refractivity contribution is 9.10. The molecule has 3 rings (SSSR count). The molecule has 0 radical (unpaired) electrons. The van der Waals surface area contributed by atoms with Crippen LogP contribution in [0.3, 0.4) is 0 Å². The second kappa shape index (κ2) is 9.09. The second-order valence-electron chi connectivity index (χ2n) is 7.27. The number of rotatable bonds is 8. The highest BCUT2D eigenvalue weighted by Crippen LogP contribution is 2.38. The molecular formula is C21H25BrN2O3S. The number of nitrogens with one attached hydrogen (secondary N) is 1. The SMILES string of the molecule is CC(C)c1ccc(OCCCC(=O)Nc2sc3c(c2C(N)=O)CCC3)c(Br)c1. The van der Waals surface area contributed by atoms with Crippen molar-refractivity contribution in [1.29, 1.82) is 0 Å². The van der Waals surface area contributed by atoms with E-state index in [1.165, 1.54) is 21.8 Å². The van der Waals surface area contributed by atoms with Gasteiger partial charge in [-0.05, 0) is 70.8 Å². The first-order valence-electron chi connectivity index (χ1n) is 9.53. The molecule has 7 heteroatoms. The number of nitrogens with two attached hydrogens (primary N) is 1. The summed E-state index contributed by atoms with van der Waals surface area (Å²) >= 11 is 5.01. The molecule has 1 heterocycles. The minimum Gasteiger partial charge on any atom is -0.492 e. The van der Waals surface area contributed by atoms with Crippen molar-refractivity contribution in [3.63, 3.8) is 0 Å². The quantitative estimate of drug-likeness (QED) is 0.538. The fourth-order valence-electron chi connectivity index (χ4n) is 3.35. The van der Waals surface area contributed by atoms with Crippen molar-refractivity contribution in [2.24, 2.45) is 5.73 Å². The summed E-state index contributed by atoms with van der Waals surface area (Å²) in [5, 5.41) is 3.46. The van der Waals surface area contributed by atoms with Crippen molar-refractivity contribution in [3.8, 4) is 5.75 Å². The van der Waals surface area contributed by atoms with Crippen LogP contribution in [0.25, 0.3) is 0 Å². The zero-order valence-corrected chi connectivity index (χ0v) is 18.5. The van der Waals surface area contributed by atoms with Crippen LogP contribution in [0.4, 0.5) is 5.00 Å². The van der Waals surface area contributed by atoms with Crippen LogP contribution in [0.15, 0.2) is 22.7 Å². The van der Waals surface area contributed by atoms with Gasteiger partial charge in [-0.2, -0.15) is 0 Å². The Kier molecular flexibility index (Phi) is 6.78. The summed E-state index contributed by atoms with van der Waals surface area (Å²) in [5.41, 5.74) is 8.29. The smallest absolute Gasteiger partial charge is 0.251 e. The van der Waals surface area contributed by atoms with Crippen LogP contribution in [0, 0.1) is 0 Å². The molecule has 2 amide bonds. The number of halogens is 1. The molecule has 1 aliphatic carbocycles. The molecule has 0 unspecified atom stereocenters. The largest absolute Gasteiger partial charge is 0.492 e. The molecular weight excluding hydrogens is 440 g/mol. The first-order chi connectivity index (χ1) is 13.4. The van der Waals surface area contributed by atoms with Crippen molar-refractivity contribution in [3.05, 3.63) is 44.2 Å². The Balaban J connectivity index is 1.50. The number of hydrogen-bond donors (Lipinski definition) is 2. The third kappa shape index (κ3) is 4.75. The Morgan fingerprint density at radius 2 is 2.11 bits per heavy atom. The molecule has 0 saturated heterocycles. The molecule has 1 aliphatic rings. The van der Waals surface area contributed by atoms with E-state index in [0.29, 0.717) is 35.9 Å². The van der Waals surface area contributed by atoms with E-state index in [1.54, 1.807) is 0 Å². The average Bonchev–Trinajstić information content (AvgIpc) is 3.19. The van der Waals surface area contributed by atoms with E-state index in [-0.39, 0.29) is 5.91 Å². The maximum absolute atomic E-state index is 12.3. The summed E-state index contributed by atoms with van der Waals surface area (Å²) in [6.07, 6.45) is 3.76. The van der Waals surface area contributed by atoms with E-state index in [2.05, 4.69) is 47.2 Å². The van der Waals surface area contributed by atoms with E-state index < -0.39 is 5.91 Å². The van der Waals surface area contributed by atoms with E-state index in [1.807, 2.05) is 6.07 Å². The number of benzene rings is 1. The number of fused-ring (bicyclic) bond motifs is 1. The topological polar surface area (TPSA) is 81.4 Å². The average molecular weight is 465 g/mol. The van der Waals surface area contributed by atoms with Gasteiger partial charge < -0.3 is 15.8 Å². The van der Waals surface area contributed by atoms with E-state index in [4.69, 9.17) is 10.5 Å². The molecule has 1 aromatic carbocycles. The molecule has 3 N–H and O–H groups in total. The Hall–Kier alpha value is -1.86. The van der Waals surface area contributed by atoms with Gasteiger partial charge in [-0.3, -0.25) is 9.59 Å². The Labute approximate surface area is 177 Å². The molecule has 0 spiro atoms. The highest BCUT2D eigenvalue weighted by Gasteiger charge is 2.26. The normalized spacial score (nSPS) is 12.9. The van der Waals surface area contributed by atoms with Gasteiger partial charge in [0.25, 0.3) is 5.91 Å². The monoisotopic (exact) mass is 464 g/mol. The van der Waals surface area contributed by atoms with Crippen LogP contribution in [0.1, 0.15) is 65.4 Å². The highest BCUT2D eigenvalue weighted by atomic mass is 79.9. The van der Waals surface area contributed by atoms with Gasteiger partial charge in [0.05, 0.1) is 16.6 Å². The summed E-state index contributed by atoms with van der Waals surface area (Å²) in [4.78, 5) is 25.3. The number of anilines is 1. The second-order valence-corrected chi connectivity index (χ2v) is 9.23. The van der Waals surface area contributed by atoms with Gasteiger partial charge >= 0.3 is 0 Å². The zero-order valence-electron chi connectivity index (χ0n) is 16.1. The van der Waals surface area contributed by atoms with Gasteiger partial charge in [-0.15, -0.1) is 11.3 Å². The molecule has 0 fully saturated rings. The van der Waals surface area contributed by atoms with E-state index in [0.717, 1.165) is 35.0 Å². The molecule has 28 heavy (non-hydrogen) atoms. The van der Waals surface area contributed by atoms with E-state index >= 15 is 0 Å². The lowest BCUT2D eigenvalue weighted by atomic mass is 10.0. The first kappa shape index (κ1) is 20.9. The van der Waals surface area contributed by atoms with Crippen molar-refractivity contribution >= 4 is 44.1 Å². The fourth-order valence-corrected chi connectivity index (χ4v) is 5.17. The van der Waals surface area contributed by atoms with Gasteiger partial charge in [0, 0.05) is 11.3 Å². The minimum atomic E-state index is -0.465. The fraction of sp³-hybridized carbons (Fsp3) is 0.429. The number of ether oxygens (including phenoxy) is 1. The Morgan fingerprint density at radius 3 is 2.79 bits per heavy atom. The number of primary amides is 1. The predicted molar refractivity (Wildman–Crippen MR) is 116 cm³/mol. The lowest BCUT2D eigenvalue weighted by Gasteiger charge is -2.11. The third-order valence-corrected chi connectivity index (χ3v) is 6.68. The van der Waals surface area contributed by atoms with Crippen LogP contribution < -0.4 is 15.8 Å². The molecule has 2 aromatic rings. The van der Waals surface area contributed by atoms with Gasteiger partial charge in [0.2, 0.25) is 5.91 Å². The number of aryl methyl sites for hydroxylation is 1. The lowest BCUT2D eigenvalue weighted by molar-refractivity contribution is -0.116. The molecule has 5 nitrogen and oxygen atoms in total. The number of hydrogen-bond acceptors (Lipinski definition) is 4. The molecule has 0 aliphatic heterocycles. The van der Waals surface area contributed by atoms with Crippen molar-refractivity contribution < 1.29 is 14.3 Å². The van der Waals surface area contributed by atoms with E-state index in [9.17, 15) is 9.59 Å². The Morgan fingerprint density at radius 1 is 1.32 bits per heavy atom. The summed E-state index contributed by atoms with van der Waals surface area (Å²) in [7, 11) is 0. The van der Waals surface area contributed by atoms with Crippen LogP contribution in [-0.2, 0) is 17.6 Å². The molecule has 1 aromatic heterocycles. The first-order valence-corrected chi connectivity index (χ1v) is 11.1. The summed E-state index contributed by atoms with van der Waals surface area (Å²) in [5.74, 6) is 0.640. The van der Waals surface area contributed by atoms with Crippen LogP contribution in [0.2, 0.25) is 0 Å². The van der Waals surface area contributed by atoms with Crippen LogP contribution >= 0.6 is 27.3 Å². The summed E-state index contributed by atoms with van der Waals surface area (Å²) in [6.45, 7) is 4.73. The summed E-state index contributed by atoms with van der Waals surface area (Å²) in [6, 6.07) is 6.07. The summed E-state index contributed by atoms with van der Waals surface area (Å²) < 4.78 is 6.70. The Bertz CT molecular complexity index is 892. The third-order valence-electron chi connectivity index (χ3n) is 4.85. The van der Waals surface area contributed by atoms with Gasteiger partial charge in [-0.25, -0.2) is 0 Å². The predicted octanol–water partition coefficient (Wildman–Crippen LogP) is 5.02. The van der Waals surface area contributed by atoms with Crippen LogP contribution in [-0.4, -0.2) is 18.4 Å². The number of amides is 2. The minimum absolute atomic E-state index is 0.125. The lowest BCUT2D eigenvalue weighted by Crippen LogP contribution is -2.18. The van der Waals surface area contributed by atoms with Gasteiger partial charge in [-0.1, -0.05) is 19.9 Å².